The molecule has 1 unspecified atom stereocenters. The van der Waals surface area contributed by atoms with Gasteiger partial charge in [-0.3, -0.25) is 9.59 Å². The van der Waals surface area contributed by atoms with Crippen molar-refractivity contribution in [2.24, 2.45) is 0 Å². The number of nitrogens with one attached hydrogen (secondary N) is 1. The number of furan rings is 1. The fourth-order valence-electron chi connectivity index (χ4n) is 3.42. The molecule has 0 spiro atoms. The van der Waals surface area contributed by atoms with E-state index in [-0.39, 0.29) is 29.9 Å². The zero-order valence-corrected chi connectivity index (χ0v) is 15.1. The lowest BCUT2D eigenvalue weighted by molar-refractivity contribution is -0.126. The van der Waals surface area contributed by atoms with E-state index >= 15 is 0 Å². The number of nitrogens with zero attached hydrogens (tertiary/aromatic N) is 1. The minimum Gasteiger partial charge on any atom is -0.459 e. The SMILES string of the molecule is O=C(NCc1ccc(F)cc1)C1Cc2ccccc2CN1C(=O)c1ccco1. The standard InChI is InChI=1S/C22H19FN2O3/c23-18-9-7-15(8-10-18)13-24-21(26)19-12-16-4-1-2-5-17(16)14-25(19)22(27)20-6-3-11-28-20/h1-11,19H,12-14H2,(H,24,26). The zero-order valence-electron chi connectivity index (χ0n) is 15.1. The van der Waals surface area contributed by atoms with Gasteiger partial charge in [0, 0.05) is 19.5 Å². The van der Waals surface area contributed by atoms with E-state index in [4.69, 9.17) is 4.42 Å². The van der Waals surface area contributed by atoms with Gasteiger partial charge in [0.1, 0.15) is 11.9 Å². The number of benzene rings is 2. The molecule has 3 aromatic rings. The van der Waals surface area contributed by atoms with Crippen LogP contribution < -0.4 is 5.32 Å². The summed E-state index contributed by atoms with van der Waals surface area (Å²) in [6.45, 7) is 0.602. The maximum atomic E-state index is 13.1. The first-order chi connectivity index (χ1) is 13.6. The highest BCUT2D eigenvalue weighted by Crippen LogP contribution is 2.25. The average Bonchev–Trinajstić information content (AvgIpc) is 3.26. The van der Waals surface area contributed by atoms with Gasteiger partial charge in [0.15, 0.2) is 5.76 Å². The van der Waals surface area contributed by atoms with Crippen molar-refractivity contribution in [1.82, 2.24) is 10.2 Å². The molecule has 4 rings (SSSR count). The Hall–Kier alpha value is -3.41. The fourth-order valence-corrected chi connectivity index (χ4v) is 3.42. The molecule has 0 saturated heterocycles. The van der Waals surface area contributed by atoms with Crippen LogP contribution in [0.2, 0.25) is 0 Å². The predicted octanol–water partition coefficient (Wildman–Crippen LogP) is 3.30. The Labute approximate surface area is 161 Å². The van der Waals surface area contributed by atoms with Gasteiger partial charge in [-0.1, -0.05) is 36.4 Å². The zero-order chi connectivity index (χ0) is 19.5. The van der Waals surface area contributed by atoms with Crippen LogP contribution in [0.1, 0.15) is 27.2 Å². The van der Waals surface area contributed by atoms with Crippen LogP contribution in [0.5, 0.6) is 0 Å². The van der Waals surface area contributed by atoms with Crippen molar-refractivity contribution in [1.29, 1.82) is 0 Å². The van der Waals surface area contributed by atoms with Gasteiger partial charge < -0.3 is 14.6 Å². The Morgan fingerprint density at radius 2 is 1.79 bits per heavy atom. The Morgan fingerprint density at radius 1 is 1.04 bits per heavy atom. The molecule has 0 aliphatic carbocycles. The number of fused-ring (bicyclic) bond motifs is 1. The molecule has 5 nitrogen and oxygen atoms in total. The summed E-state index contributed by atoms with van der Waals surface area (Å²) < 4.78 is 18.3. The Kier molecular flexibility index (Phi) is 4.93. The molecule has 28 heavy (non-hydrogen) atoms. The third-order valence-corrected chi connectivity index (χ3v) is 4.92. The summed E-state index contributed by atoms with van der Waals surface area (Å²) in [6.07, 6.45) is 1.87. The van der Waals surface area contributed by atoms with Gasteiger partial charge in [0.05, 0.1) is 6.26 Å². The van der Waals surface area contributed by atoms with Crippen LogP contribution in [0.15, 0.2) is 71.3 Å². The molecule has 0 fully saturated rings. The van der Waals surface area contributed by atoms with Gasteiger partial charge in [-0.2, -0.15) is 0 Å². The third kappa shape index (κ3) is 3.67. The smallest absolute Gasteiger partial charge is 0.290 e. The average molecular weight is 378 g/mol. The highest BCUT2D eigenvalue weighted by molar-refractivity contribution is 5.96. The number of amides is 2. The van der Waals surface area contributed by atoms with Crippen molar-refractivity contribution < 1.29 is 18.4 Å². The number of hydrogen-bond acceptors (Lipinski definition) is 3. The topological polar surface area (TPSA) is 62.6 Å². The first-order valence-corrected chi connectivity index (χ1v) is 9.05. The molecule has 0 saturated carbocycles. The number of carbonyl (C=O) groups is 2. The predicted molar refractivity (Wildman–Crippen MR) is 101 cm³/mol. The van der Waals surface area contributed by atoms with Crippen molar-refractivity contribution in [3.05, 3.63) is 95.2 Å². The number of halogens is 1. The first kappa shape index (κ1) is 18.0. The molecule has 142 valence electrons. The summed E-state index contributed by atoms with van der Waals surface area (Å²) in [4.78, 5) is 27.4. The van der Waals surface area contributed by atoms with Crippen LogP contribution in [-0.2, 0) is 24.3 Å². The van der Waals surface area contributed by atoms with Gasteiger partial charge in [0.25, 0.3) is 5.91 Å². The lowest BCUT2D eigenvalue weighted by Gasteiger charge is -2.35. The second kappa shape index (κ2) is 7.68. The van der Waals surface area contributed by atoms with Crippen LogP contribution in [0, 0.1) is 5.82 Å². The van der Waals surface area contributed by atoms with Crippen LogP contribution in [0.4, 0.5) is 4.39 Å². The molecule has 2 amide bonds. The molecule has 1 N–H and O–H groups in total. The maximum Gasteiger partial charge on any atom is 0.290 e. The van der Waals surface area contributed by atoms with E-state index in [2.05, 4.69) is 5.32 Å². The largest absolute Gasteiger partial charge is 0.459 e. The van der Waals surface area contributed by atoms with E-state index in [0.717, 1.165) is 16.7 Å². The van der Waals surface area contributed by atoms with E-state index in [9.17, 15) is 14.0 Å². The fraction of sp³-hybridized carbons (Fsp3) is 0.182. The molecule has 1 aliphatic heterocycles. The Morgan fingerprint density at radius 3 is 2.50 bits per heavy atom. The second-order valence-electron chi connectivity index (χ2n) is 6.74. The van der Waals surface area contributed by atoms with Gasteiger partial charge in [0.2, 0.25) is 5.91 Å². The van der Waals surface area contributed by atoms with Crippen LogP contribution >= 0.6 is 0 Å². The molecule has 1 aliphatic rings. The summed E-state index contributed by atoms with van der Waals surface area (Å²) in [7, 11) is 0. The van der Waals surface area contributed by atoms with Crippen molar-refractivity contribution in [3.8, 4) is 0 Å². The molecular formula is C22H19FN2O3. The molecular weight excluding hydrogens is 359 g/mol. The molecule has 1 aromatic heterocycles. The van der Waals surface area contributed by atoms with E-state index in [0.29, 0.717) is 13.0 Å². The minimum absolute atomic E-state index is 0.204. The molecule has 0 radical (unpaired) electrons. The summed E-state index contributed by atoms with van der Waals surface area (Å²) in [5, 5.41) is 2.86. The number of hydrogen-bond donors (Lipinski definition) is 1. The molecule has 2 aromatic carbocycles. The van der Waals surface area contributed by atoms with E-state index in [1.54, 1.807) is 29.2 Å². The highest BCUT2D eigenvalue weighted by atomic mass is 19.1. The van der Waals surface area contributed by atoms with Gasteiger partial charge in [-0.25, -0.2) is 4.39 Å². The summed E-state index contributed by atoms with van der Waals surface area (Å²) >= 11 is 0. The monoisotopic (exact) mass is 378 g/mol. The maximum absolute atomic E-state index is 13.1. The molecule has 1 atom stereocenters. The number of rotatable bonds is 4. The van der Waals surface area contributed by atoms with Crippen LogP contribution in [0.3, 0.4) is 0 Å². The third-order valence-electron chi connectivity index (χ3n) is 4.92. The summed E-state index contributed by atoms with van der Waals surface area (Å²) in [5.41, 5.74) is 2.85. The van der Waals surface area contributed by atoms with Gasteiger partial charge in [-0.05, 0) is 41.0 Å². The quantitative estimate of drug-likeness (QED) is 0.758. The normalized spacial score (nSPS) is 15.8. The van der Waals surface area contributed by atoms with Crippen molar-refractivity contribution in [2.75, 3.05) is 0 Å². The van der Waals surface area contributed by atoms with Crippen molar-refractivity contribution >= 4 is 11.8 Å². The van der Waals surface area contributed by atoms with E-state index in [1.807, 2.05) is 24.3 Å². The number of carbonyl (C=O) groups excluding carboxylic acids is 2. The van der Waals surface area contributed by atoms with E-state index < -0.39 is 6.04 Å². The van der Waals surface area contributed by atoms with Crippen LogP contribution in [-0.4, -0.2) is 22.8 Å². The summed E-state index contributed by atoms with van der Waals surface area (Å²) in [5.74, 6) is -0.690. The Balaban J connectivity index is 1.55. The molecule has 0 bridgehead atoms. The van der Waals surface area contributed by atoms with Gasteiger partial charge in [-0.15, -0.1) is 0 Å². The Bertz CT molecular complexity index is 983. The first-order valence-electron chi connectivity index (χ1n) is 9.05. The molecule has 6 heteroatoms. The molecule has 2 heterocycles. The lowest BCUT2D eigenvalue weighted by Crippen LogP contribution is -2.52. The minimum atomic E-state index is -0.645. The summed E-state index contributed by atoms with van der Waals surface area (Å²) in [6, 6.07) is 16.3. The van der Waals surface area contributed by atoms with E-state index in [1.165, 1.54) is 18.4 Å². The second-order valence-corrected chi connectivity index (χ2v) is 6.74. The highest BCUT2D eigenvalue weighted by Gasteiger charge is 2.35. The van der Waals surface area contributed by atoms with Crippen molar-refractivity contribution in [3.63, 3.8) is 0 Å². The van der Waals surface area contributed by atoms with Crippen molar-refractivity contribution in [2.45, 2.75) is 25.6 Å². The lowest BCUT2D eigenvalue weighted by atomic mass is 9.93. The van der Waals surface area contributed by atoms with Crippen LogP contribution in [0.25, 0.3) is 0 Å². The van der Waals surface area contributed by atoms with Gasteiger partial charge >= 0.3 is 0 Å².